The summed E-state index contributed by atoms with van der Waals surface area (Å²) in [4.78, 5) is 10.6. The molecular formula is C11H7ClFN3O2. The largest absolute Gasteiger partial charge is 0.476 e. The van der Waals surface area contributed by atoms with Gasteiger partial charge in [-0.2, -0.15) is 0 Å². The summed E-state index contributed by atoms with van der Waals surface area (Å²) in [5.74, 6) is -1.45. The molecule has 2 rings (SSSR count). The molecule has 0 atom stereocenters. The number of hydrogen-bond acceptors (Lipinski definition) is 4. The highest BCUT2D eigenvalue weighted by molar-refractivity contribution is 6.30. The normalized spacial score (nSPS) is 10.1. The van der Waals surface area contributed by atoms with E-state index in [2.05, 4.69) is 15.5 Å². The molecule has 0 fully saturated rings. The lowest BCUT2D eigenvalue weighted by Crippen LogP contribution is -2.04. The van der Waals surface area contributed by atoms with Gasteiger partial charge in [0, 0.05) is 5.02 Å². The first kappa shape index (κ1) is 12.3. The van der Waals surface area contributed by atoms with Crippen LogP contribution in [-0.2, 0) is 0 Å². The maximum absolute atomic E-state index is 13.4. The van der Waals surface area contributed by atoms with Crippen LogP contribution in [0, 0.1) is 5.82 Å². The average Bonchev–Trinajstić information content (AvgIpc) is 2.34. The van der Waals surface area contributed by atoms with Crippen LogP contribution in [-0.4, -0.2) is 21.3 Å². The Morgan fingerprint density at radius 1 is 1.28 bits per heavy atom. The van der Waals surface area contributed by atoms with E-state index in [1.807, 2.05) is 0 Å². The van der Waals surface area contributed by atoms with Gasteiger partial charge in [0.15, 0.2) is 11.5 Å². The van der Waals surface area contributed by atoms with E-state index < -0.39 is 11.8 Å². The zero-order chi connectivity index (χ0) is 13.1. The highest BCUT2D eigenvalue weighted by Crippen LogP contribution is 2.22. The predicted molar refractivity (Wildman–Crippen MR) is 63.7 cm³/mol. The van der Waals surface area contributed by atoms with Crippen LogP contribution in [0.15, 0.2) is 30.3 Å². The van der Waals surface area contributed by atoms with Crippen LogP contribution in [0.3, 0.4) is 0 Å². The molecule has 0 aliphatic heterocycles. The molecule has 0 bridgehead atoms. The first-order valence-corrected chi connectivity index (χ1v) is 5.23. The third-order valence-electron chi connectivity index (χ3n) is 2.07. The summed E-state index contributed by atoms with van der Waals surface area (Å²) in [6, 6.07) is 6.67. The molecule has 0 spiro atoms. The van der Waals surface area contributed by atoms with Crippen molar-refractivity contribution < 1.29 is 14.3 Å². The Bertz CT molecular complexity index is 589. The number of hydrogen-bond donors (Lipinski definition) is 2. The molecule has 18 heavy (non-hydrogen) atoms. The average molecular weight is 268 g/mol. The van der Waals surface area contributed by atoms with Gasteiger partial charge < -0.3 is 10.4 Å². The number of anilines is 2. The van der Waals surface area contributed by atoms with Crippen molar-refractivity contribution in [1.82, 2.24) is 10.2 Å². The van der Waals surface area contributed by atoms with E-state index >= 15 is 0 Å². The number of carbonyl (C=O) groups is 1. The fourth-order valence-corrected chi connectivity index (χ4v) is 1.42. The van der Waals surface area contributed by atoms with Gasteiger partial charge in [-0.15, -0.1) is 10.2 Å². The van der Waals surface area contributed by atoms with Crippen molar-refractivity contribution in [2.24, 2.45) is 0 Å². The maximum atomic E-state index is 13.4. The molecule has 0 aliphatic carbocycles. The second-order valence-electron chi connectivity index (χ2n) is 3.36. The molecule has 0 saturated heterocycles. The van der Waals surface area contributed by atoms with Gasteiger partial charge in [-0.25, -0.2) is 9.18 Å². The van der Waals surface area contributed by atoms with E-state index in [0.717, 1.165) is 0 Å². The minimum absolute atomic E-state index is 0.139. The molecule has 1 heterocycles. The van der Waals surface area contributed by atoms with Gasteiger partial charge >= 0.3 is 5.97 Å². The van der Waals surface area contributed by atoms with Gasteiger partial charge in [0.1, 0.15) is 5.82 Å². The van der Waals surface area contributed by atoms with Gasteiger partial charge in [-0.05, 0) is 30.3 Å². The number of aromatic nitrogens is 2. The Morgan fingerprint density at radius 2 is 2.06 bits per heavy atom. The molecule has 1 aromatic carbocycles. The van der Waals surface area contributed by atoms with Crippen molar-refractivity contribution in [3.8, 4) is 0 Å². The lowest BCUT2D eigenvalue weighted by molar-refractivity contribution is 0.0689. The van der Waals surface area contributed by atoms with Crippen LogP contribution in [0.25, 0.3) is 0 Å². The molecule has 5 nitrogen and oxygen atoms in total. The summed E-state index contributed by atoms with van der Waals surface area (Å²) in [7, 11) is 0. The maximum Gasteiger partial charge on any atom is 0.356 e. The fourth-order valence-electron chi connectivity index (χ4n) is 1.24. The van der Waals surface area contributed by atoms with E-state index in [0.29, 0.717) is 5.02 Å². The number of rotatable bonds is 3. The Labute approximate surface area is 106 Å². The molecule has 7 heteroatoms. The van der Waals surface area contributed by atoms with E-state index in [-0.39, 0.29) is 17.2 Å². The van der Waals surface area contributed by atoms with Crippen molar-refractivity contribution in [3.63, 3.8) is 0 Å². The van der Waals surface area contributed by atoms with Crippen molar-refractivity contribution in [2.75, 3.05) is 5.32 Å². The summed E-state index contributed by atoms with van der Waals surface area (Å²) in [5.41, 5.74) is -0.0491. The number of nitrogens with zero attached hydrogens (tertiary/aromatic N) is 2. The van der Waals surface area contributed by atoms with Crippen molar-refractivity contribution in [3.05, 3.63) is 46.9 Å². The third-order valence-corrected chi connectivity index (χ3v) is 2.31. The molecular weight excluding hydrogens is 261 g/mol. The Balaban J connectivity index is 2.23. The number of carboxylic acids is 1. The van der Waals surface area contributed by atoms with E-state index in [1.165, 1.54) is 30.3 Å². The molecule has 2 N–H and O–H groups in total. The van der Waals surface area contributed by atoms with Gasteiger partial charge in [0.25, 0.3) is 0 Å². The standard InChI is InChI=1S/C11H7ClFN3O2/c12-6-1-2-7(13)9(5-6)14-10-4-3-8(11(17)18)15-16-10/h1-5H,(H,14,16)(H,17,18). The lowest BCUT2D eigenvalue weighted by atomic mass is 10.3. The van der Waals surface area contributed by atoms with Crippen LogP contribution < -0.4 is 5.32 Å². The van der Waals surface area contributed by atoms with Gasteiger partial charge in [-0.3, -0.25) is 0 Å². The van der Waals surface area contributed by atoms with Gasteiger partial charge in [0.05, 0.1) is 5.69 Å². The zero-order valence-electron chi connectivity index (χ0n) is 8.89. The van der Waals surface area contributed by atoms with Crippen LogP contribution in [0.4, 0.5) is 15.9 Å². The summed E-state index contributed by atoms with van der Waals surface area (Å²) < 4.78 is 13.4. The van der Waals surface area contributed by atoms with Crippen LogP contribution in [0.1, 0.15) is 10.5 Å². The van der Waals surface area contributed by atoms with Crippen molar-refractivity contribution in [1.29, 1.82) is 0 Å². The molecule has 0 aliphatic rings. The minimum Gasteiger partial charge on any atom is -0.476 e. The fraction of sp³-hybridized carbons (Fsp3) is 0. The van der Waals surface area contributed by atoms with Crippen LogP contribution in [0.5, 0.6) is 0 Å². The second kappa shape index (κ2) is 4.97. The number of halogens is 2. The Morgan fingerprint density at radius 3 is 2.67 bits per heavy atom. The van der Waals surface area contributed by atoms with Crippen LogP contribution in [0.2, 0.25) is 5.02 Å². The summed E-state index contributed by atoms with van der Waals surface area (Å²) in [6.07, 6.45) is 0. The Hall–Kier alpha value is -2.21. The first-order chi connectivity index (χ1) is 8.56. The van der Waals surface area contributed by atoms with E-state index in [1.54, 1.807) is 0 Å². The minimum atomic E-state index is -1.18. The highest BCUT2D eigenvalue weighted by Gasteiger charge is 2.07. The lowest BCUT2D eigenvalue weighted by Gasteiger charge is -2.06. The smallest absolute Gasteiger partial charge is 0.356 e. The van der Waals surface area contributed by atoms with Crippen LogP contribution >= 0.6 is 11.6 Å². The molecule has 0 radical (unpaired) electrons. The predicted octanol–water partition coefficient (Wildman–Crippen LogP) is 2.71. The van der Waals surface area contributed by atoms with Crippen molar-refractivity contribution >= 4 is 29.1 Å². The molecule has 0 saturated carbocycles. The number of benzene rings is 1. The molecule has 2 aromatic rings. The number of carboxylic acid groups (broad SMARTS) is 1. The second-order valence-corrected chi connectivity index (χ2v) is 3.79. The van der Waals surface area contributed by atoms with Gasteiger partial charge in [-0.1, -0.05) is 11.6 Å². The Kier molecular flexibility index (Phi) is 3.38. The zero-order valence-corrected chi connectivity index (χ0v) is 9.65. The molecule has 0 unspecified atom stereocenters. The first-order valence-electron chi connectivity index (χ1n) is 4.85. The SMILES string of the molecule is O=C(O)c1ccc(Nc2cc(Cl)ccc2F)nn1. The third kappa shape index (κ3) is 2.72. The van der Waals surface area contributed by atoms with E-state index in [9.17, 15) is 9.18 Å². The quantitative estimate of drug-likeness (QED) is 0.894. The summed E-state index contributed by atoms with van der Waals surface area (Å²) in [5, 5.41) is 18.7. The van der Waals surface area contributed by atoms with Crippen molar-refractivity contribution in [2.45, 2.75) is 0 Å². The highest BCUT2D eigenvalue weighted by atomic mass is 35.5. The molecule has 1 aromatic heterocycles. The summed E-state index contributed by atoms with van der Waals surface area (Å²) in [6.45, 7) is 0. The number of aromatic carboxylic acids is 1. The van der Waals surface area contributed by atoms with Gasteiger partial charge in [0.2, 0.25) is 0 Å². The topological polar surface area (TPSA) is 75.1 Å². The van der Waals surface area contributed by atoms with E-state index in [4.69, 9.17) is 16.7 Å². The number of nitrogens with one attached hydrogen (secondary N) is 1. The monoisotopic (exact) mass is 267 g/mol. The molecule has 92 valence electrons. The summed E-state index contributed by atoms with van der Waals surface area (Å²) >= 11 is 5.73. The molecule has 0 amide bonds.